The smallest absolute Gasteiger partial charge is 0.0825 e. The summed E-state index contributed by atoms with van der Waals surface area (Å²) in [6.45, 7) is 4.80. The molecule has 0 radical (unpaired) electrons. The van der Waals surface area contributed by atoms with Gasteiger partial charge in [0.1, 0.15) is 0 Å². The van der Waals surface area contributed by atoms with Crippen LogP contribution in [0.4, 0.5) is 5.69 Å². The van der Waals surface area contributed by atoms with Gasteiger partial charge >= 0.3 is 0 Å². The predicted octanol–water partition coefficient (Wildman–Crippen LogP) is 3.34. The van der Waals surface area contributed by atoms with Gasteiger partial charge in [-0.05, 0) is 32.4 Å². The second-order valence-corrected chi connectivity index (χ2v) is 5.64. The maximum atomic E-state index is 9.74. The largest absolute Gasteiger partial charge is 0.391 e. The number of hydrogen-bond donors (Lipinski definition) is 1. The number of halogens is 2. The van der Waals surface area contributed by atoms with Gasteiger partial charge in [-0.2, -0.15) is 0 Å². The third kappa shape index (κ3) is 2.02. The van der Waals surface area contributed by atoms with Crippen LogP contribution in [-0.2, 0) is 0 Å². The molecular formula is C12H15Cl2NO. The Morgan fingerprint density at radius 3 is 2.62 bits per heavy atom. The third-order valence-corrected chi connectivity index (χ3v) is 3.89. The monoisotopic (exact) mass is 259 g/mol. The number of β-amino-alcohol motifs (C(OH)–C–C–N with tert-alkyl or cyclic N) is 1. The minimum absolute atomic E-state index is 0.0895. The molecule has 1 fully saturated rings. The Balaban J connectivity index is 2.41. The van der Waals surface area contributed by atoms with E-state index in [9.17, 15) is 5.11 Å². The zero-order valence-electron chi connectivity index (χ0n) is 9.37. The summed E-state index contributed by atoms with van der Waals surface area (Å²) < 4.78 is 0. The Labute approximate surface area is 106 Å². The number of rotatable bonds is 1. The van der Waals surface area contributed by atoms with Gasteiger partial charge in [-0.1, -0.05) is 29.3 Å². The fraction of sp³-hybridized carbons (Fsp3) is 0.500. The fourth-order valence-corrected chi connectivity index (χ4v) is 2.73. The van der Waals surface area contributed by atoms with E-state index < -0.39 is 0 Å². The van der Waals surface area contributed by atoms with E-state index in [2.05, 4.69) is 18.7 Å². The summed E-state index contributed by atoms with van der Waals surface area (Å²) in [6.07, 6.45) is 0.445. The van der Waals surface area contributed by atoms with Crippen molar-refractivity contribution in [3.05, 3.63) is 28.2 Å². The molecule has 2 rings (SSSR count). The molecule has 1 atom stereocenters. The molecule has 16 heavy (non-hydrogen) atoms. The van der Waals surface area contributed by atoms with E-state index in [0.29, 0.717) is 16.6 Å². The van der Waals surface area contributed by atoms with Crippen LogP contribution in [0.3, 0.4) is 0 Å². The van der Waals surface area contributed by atoms with Gasteiger partial charge in [-0.3, -0.25) is 0 Å². The lowest BCUT2D eigenvalue weighted by Gasteiger charge is -2.34. The highest BCUT2D eigenvalue weighted by Crippen LogP contribution is 2.40. The lowest BCUT2D eigenvalue weighted by molar-refractivity contribution is 0.188. The Morgan fingerprint density at radius 1 is 1.38 bits per heavy atom. The quantitative estimate of drug-likeness (QED) is 0.837. The zero-order chi connectivity index (χ0) is 11.9. The molecule has 88 valence electrons. The standard InChI is InChI=1S/C12H15Cl2NO/c1-12(2)6-8(16)7-15(12)10-5-3-4-9(13)11(10)14/h3-5,8,16H,6-7H2,1-2H3. The summed E-state index contributed by atoms with van der Waals surface area (Å²) in [7, 11) is 0. The van der Waals surface area contributed by atoms with Crippen LogP contribution < -0.4 is 4.90 Å². The molecule has 0 saturated carbocycles. The van der Waals surface area contributed by atoms with Gasteiger partial charge in [0.15, 0.2) is 0 Å². The van der Waals surface area contributed by atoms with Crippen molar-refractivity contribution in [2.45, 2.75) is 31.9 Å². The number of benzene rings is 1. The lowest BCUT2D eigenvalue weighted by atomic mass is 10.0. The molecule has 0 amide bonds. The molecule has 1 unspecified atom stereocenters. The van der Waals surface area contributed by atoms with Crippen molar-refractivity contribution in [2.75, 3.05) is 11.4 Å². The summed E-state index contributed by atoms with van der Waals surface area (Å²) in [4.78, 5) is 2.12. The van der Waals surface area contributed by atoms with Crippen LogP contribution in [-0.4, -0.2) is 23.3 Å². The molecule has 1 saturated heterocycles. The number of aliphatic hydroxyl groups excluding tert-OH is 1. The van der Waals surface area contributed by atoms with Gasteiger partial charge in [0, 0.05) is 12.1 Å². The molecule has 0 bridgehead atoms. The van der Waals surface area contributed by atoms with Gasteiger partial charge in [-0.25, -0.2) is 0 Å². The van der Waals surface area contributed by atoms with E-state index in [1.807, 2.05) is 12.1 Å². The van der Waals surface area contributed by atoms with E-state index in [4.69, 9.17) is 23.2 Å². The van der Waals surface area contributed by atoms with Crippen LogP contribution >= 0.6 is 23.2 Å². The molecule has 0 aliphatic carbocycles. The van der Waals surface area contributed by atoms with Crippen molar-refractivity contribution in [3.63, 3.8) is 0 Å². The van der Waals surface area contributed by atoms with E-state index in [1.165, 1.54) is 0 Å². The van der Waals surface area contributed by atoms with Gasteiger partial charge in [-0.15, -0.1) is 0 Å². The maximum absolute atomic E-state index is 9.74. The second kappa shape index (κ2) is 4.10. The molecule has 4 heteroatoms. The Hall–Kier alpha value is -0.440. The summed E-state index contributed by atoms with van der Waals surface area (Å²) in [6, 6.07) is 5.59. The molecule has 1 N–H and O–H groups in total. The van der Waals surface area contributed by atoms with E-state index >= 15 is 0 Å². The molecule has 0 spiro atoms. The third-order valence-electron chi connectivity index (χ3n) is 3.08. The van der Waals surface area contributed by atoms with E-state index in [-0.39, 0.29) is 11.6 Å². The number of nitrogens with zero attached hydrogens (tertiary/aromatic N) is 1. The molecule has 1 aliphatic heterocycles. The fourth-order valence-electron chi connectivity index (χ4n) is 2.33. The minimum atomic E-state index is -0.301. The highest BCUT2D eigenvalue weighted by molar-refractivity contribution is 6.43. The van der Waals surface area contributed by atoms with Crippen molar-refractivity contribution in [2.24, 2.45) is 0 Å². The van der Waals surface area contributed by atoms with Crippen LogP contribution in [0.5, 0.6) is 0 Å². The van der Waals surface area contributed by atoms with Crippen LogP contribution in [0.2, 0.25) is 10.0 Å². The van der Waals surface area contributed by atoms with Crippen LogP contribution in [0.25, 0.3) is 0 Å². The lowest BCUT2D eigenvalue weighted by Crippen LogP contribution is -2.38. The predicted molar refractivity (Wildman–Crippen MR) is 68.5 cm³/mol. The second-order valence-electron chi connectivity index (χ2n) is 4.85. The van der Waals surface area contributed by atoms with Gasteiger partial charge in [0.2, 0.25) is 0 Å². The zero-order valence-corrected chi connectivity index (χ0v) is 10.9. The Kier molecular flexibility index (Phi) is 3.08. The van der Waals surface area contributed by atoms with Crippen molar-refractivity contribution in [1.29, 1.82) is 0 Å². The summed E-state index contributed by atoms with van der Waals surface area (Å²) >= 11 is 12.2. The van der Waals surface area contributed by atoms with Crippen LogP contribution in [0.15, 0.2) is 18.2 Å². The first kappa shape index (κ1) is 12.0. The molecule has 1 aromatic carbocycles. The Bertz CT molecular complexity index is 406. The van der Waals surface area contributed by atoms with Crippen LogP contribution in [0, 0.1) is 0 Å². The van der Waals surface area contributed by atoms with Crippen molar-refractivity contribution < 1.29 is 5.11 Å². The summed E-state index contributed by atoms with van der Waals surface area (Å²) in [5, 5.41) is 10.9. The molecule has 2 nitrogen and oxygen atoms in total. The molecule has 0 aromatic heterocycles. The molecule has 1 aromatic rings. The number of anilines is 1. The average molecular weight is 260 g/mol. The first-order chi connectivity index (χ1) is 7.42. The first-order valence-electron chi connectivity index (χ1n) is 5.31. The summed E-state index contributed by atoms with van der Waals surface area (Å²) in [5.41, 5.74) is 0.809. The first-order valence-corrected chi connectivity index (χ1v) is 6.07. The molecule has 1 aliphatic rings. The SMILES string of the molecule is CC1(C)CC(O)CN1c1cccc(Cl)c1Cl. The molecular weight excluding hydrogens is 245 g/mol. The molecule has 1 heterocycles. The Morgan fingerprint density at radius 2 is 2.06 bits per heavy atom. The minimum Gasteiger partial charge on any atom is -0.391 e. The van der Waals surface area contributed by atoms with Gasteiger partial charge in [0.05, 0.1) is 21.8 Å². The van der Waals surface area contributed by atoms with Crippen molar-refractivity contribution >= 4 is 28.9 Å². The maximum Gasteiger partial charge on any atom is 0.0825 e. The number of aliphatic hydroxyl groups is 1. The van der Waals surface area contributed by atoms with Crippen molar-refractivity contribution in [1.82, 2.24) is 0 Å². The topological polar surface area (TPSA) is 23.5 Å². The number of hydrogen-bond acceptors (Lipinski definition) is 2. The van der Waals surface area contributed by atoms with Gasteiger partial charge in [0.25, 0.3) is 0 Å². The van der Waals surface area contributed by atoms with Crippen molar-refractivity contribution in [3.8, 4) is 0 Å². The van der Waals surface area contributed by atoms with E-state index in [0.717, 1.165) is 12.1 Å². The highest BCUT2D eigenvalue weighted by atomic mass is 35.5. The van der Waals surface area contributed by atoms with Gasteiger partial charge < -0.3 is 10.0 Å². The highest BCUT2D eigenvalue weighted by Gasteiger charge is 2.38. The van der Waals surface area contributed by atoms with Crippen LogP contribution in [0.1, 0.15) is 20.3 Å². The van der Waals surface area contributed by atoms with E-state index in [1.54, 1.807) is 6.07 Å². The summed E-state index contributed by atoms with van der Waals surface area (Å²) in [5.74, 6) is 0. The normalized spacial score (nSPS) is 23.8. The average Bonchev–Trinajstić information content (AvgIpc) is 2.44.